The van der Waals surface area contributed by atoms with Crippen LogP contribution in [0.15, 0.2) is 0 Å². The predicted octanol–water partition coefficient (Wildman–Crippen LogP) is 2.18. The number of hydrogen-bond donors (Lipinski definition) is 1. The minimum atomic E-state index is 0.712. The van der Waals surface area contributed by atoms with Crippen molar-refractivity contribution >= 4 is 0 Å². The Kier molecular flexibility index (Phi) is 1.92. The summed E-state index contributed by atoms with van der Waals surface area (Å²) in [6.07, 6.45) is 7.36. The lowest BCUT2D eigenvalue weighted by atomic mass is 9.75. The van der Waals surface area contributed by atoms with Gasteiger partial charge in [0.05, 0.1) is 0 Å². The van der Waals surface area contributed by atoms with Crippen molar-refractivity contribution in [2.75, 3.05) is 13.1 Å². The Labute approximate surface area is 69.6 Å². The van der Waals surface area contributed by atoms with E-state index in [0.717, 1.165) is 5.92 Å². The highest BCUT2D eigenvalue weighted by molar-refractivity contribution is 4.90. The van der Waals surface area contributed by atoms with Crippen LogP contribution in [0.5, 0.6) is 0 Å². The lowest BCUT2D eigenvalue weighted by molar-refractivity contribution is 0.210. The molecule has 0 aromatic heterocycles. The molecule has 0 radical (unpaired) electrons. The molecule has 0 spiro atoms. The van der Waals surface area contributed by atoms with Crippen LogP contribution in [0.4, 0.5) is 0 Å². The maximum absolute atomic E-state index is 3.47. The van der Waals surface area contributed by atoms with Crippen molar-refractivity contribution in [3.05, 3.63) is 0 Å². The summed E-state index contributed by atoms with van der Waals surface area (Å²) in [6.45, 7) is 5.05. The molecule has 1 aliphatic heterocycles. The van der Waals surface area contributed by atoms with Crippen molar-refractivity contribution in [3.8, 4) is 0 Å². The third-order valence-electron chi connectivity index (χ3n) is 3.79. The van der Waals surface area contributed by atoms with E-state index in [9.17, 15) is 0 Å². The molecule has 1 saturated heterocycles. The minimum Gasteiger partial charge on any atom is -0.316 e. The fourth-order valence-corrected chi connectivity index (χ4v) is 2.84. The molecule has 1 saturated carbocycles. The molecule has 2 aliphatic rings. The normalized spacial score (nSPS) is 36.3. The summed E-state index contributed by atoms with van der Waals surface area (Å²) in [5, 5.41) is 3.47. The van der Waals surface area contributed by atoms with Crippen LogP contribution in [0, 0.1) is 11.3 Å². The molecule has 1 atom stereocenters. The van der Waals surface area contributed by atoms with Crippen molar-refractivity contribution in [1.82, 2.24) is 5.32 Å². The molecule has 1 unspecified atom stereocenters. The molecular formula is C10H19N. The summed E-state index contributed by atoms with van der Waals surface area (Å²) < 4.78 is 0. The molecule has 0 aromatic rings. The van der Waals surface area contributed by atoms with Crippen LogP contribution in [0.2, 0.25) is 0 Å². The Hall–Kier alpha value is -0.0400. The first kappa shape index (κ1) is 7.60. The molecule has 2 fully saturated rings. The van der Waals surface area contributed by atoms with Gasteiger partial charge in [-0.25, -0.2) is 0 Å². The molecule has 2 rings (SSSR count). The number of hydrogen-bond acceptors (Lipinski definition) is 1. The molecule has 0 aromatic carbocycles. The van der Waals surface area contributed by atoms with Crippen LogP contribution in [-0.2, 0) is 0 Å². The van der Waals surface area contributed by atoms with Crippen LogP contribution in [0.3, 0.4) is 0 Å². The van der Waals surface area contributed by atoms with Crippen LogP contribution >= 0.6 is 0 Å². The van der Waals surface area contributed by atoms with Gasteiger partial charge in [0.1, 0.15) is 0 Å². The SMILES string of the molecule is CC1(C2CCNC2)CCCC1. The van der Waals surface area contributed by atoms with Crippen LogP contribution in [0.25, 0.3) is 0 Å². The summed E-state index contributed by atoms with van der Waals surface area (Å²) >= 11 is 0. The summed E-state index contributed by atoms with van der Waals surface area (Å²) in [5.41, 5.74) is 0.712. The molecule has 64 valence electrons. The largest absolute Gasteiger partial charge is 0.316 e. The lowest BCUT2D eigenvalue weighted by Gasteiger charge is -2.30. The molecule has 1 N–H and O–H groups in total. The van der Waals surface area contributed by atoms with Crippen molar-refractivity contribution in [2.45, 2.75) is 39.0 Å². The second kappa shape index (κ2) is 2.78. The van der Waals surface area contributed by atoms with Gasteiger partial charge in [0, 0.05) is 0 Å². The van der Waals surface area contributed by atoms with Crippen molar-refractivity contribution < 1.29 is 0 Å². The van der Waals surface area contributed by atoms with E-state index < -0.39 is 0 Å². The predicted molar refractivity (Wildman–Crippen MR) is 47.6 cm³/mol. The minimum absolute atomic E-state index is 0.712. The van der Waals surface area contributed by atoms with E-state index in [2.05, 4.69) is 12.2 Å². The molecule has 1 heterocycles. The Balaban J connectivity index is 2.00. The summed E-state index contributed by atoms with van der Waals surface area (Å²) in [4.78, 5) is 0. The van der Waals surface area contributed by atoms with Crippen LogP contribution < -0.4 is 5.32 Å². The van der Waals surface area contributed by atoms with E-state index >= 15 is 0 Å². The molecule has 0 bridgehead atoms. The zero-order chi connectivity index (χ0) is 7.73. The molecular weight excluding hydrogens is 134 g/mol. The number of nitrogens with one attached hydrogen (secondary N) is 1. The first-order valence-electron chi connectivity index (χ1n) is 5.02. The van der Waals surface area contributed by atoms with Gasteiger partial charge in [-0.2, -0.15) is 0 Å². The maximum atomic E-state index is 3.47. The van der Waals surface area contributed by atoms with Gasteiger partial charge >= 0.3 is 0 Å². The van der Waals surface area contributed by atoms with E-state index in [0.29, 0.717) is 5.41 Å². The van der Waals surface area contributed by atoms with Crippen molar-refractivity contribution in [1.29, 1.82) is 0 Å². The van der Waals surface area contributed by atoms with E-state index in [-0.39, 0.29) is 0 Å². The van der Waals surface area contributed by atoms with Gasteiger partial charge in [-0.05, 0) is 43.7 Å². The van der Waals surface area contributed by atoms with E-state index in [4.69, 9.17) is 0 Å². The highest BCUT2D eigenvalue weighted by Gasteiger charge is 2.37. The first-order valence-corrected chi connectivity index (χ1v) is 5.02. The van der Waals surface area contributed by atoms with Crippen molar-refractivity contribution in [2.24, 2.45) is 11.3 Å². The van der Waals surface area contributed by atoms with E-state index in [1.54, 1.807) is 0 Å². The molecule has 1 nitrogen and oxygen atoms in total. The smallest absolute Gasteiger partial charge is 0.00148 e. The third-order valence-corrected chi connectivity index (χ3v) is 3.79. The highest BCUT2D eigenvalue weighted by atomic mass is 14.9. The quantitative estimate of drug-likeness (QED) is 0.609. The van der Waals surface area contributed by atoms with Gasteiger partial charge in [0.25, 0.3) is 0 Å². The van der Waals surface area contributed by atoms with Crippen LogP contribution in [-0.4, -0.2) is 13.1 Å². The Morgan fingerprint density at radius 1 is 1.27 bits per heavy atom. The van der Waals surface area contributed by atoms with E-state index in [1.165, 1.54) is 45.2 Å². The van der Waals surface area contributed by atoms with Gasteiger partial charge in [0.15, 0.2) is 0 Å². The number of rotatable bonds is 1. The Morgan fingerprint density at radius 2 is 2.00 bits per heavy atom. The first-order chi connectivity index (χ1) is 5.31. The standard InChI is InChI=1S/C10H19N/c1-10(5-2-3-6-10)9-4-7-11-8-9/h9,11H,2-8H2,1H3. The van der Waals surface area contributed by atoms with Gasteiger partial charge in [-0.1, -0.05) is 19.8 Å². The highest BCUT2D eigenvalue weighted by Crippen LogP contribution is 2.45. The zero-order valence-corrected chi connectivity index (χ0v) is 7.53. The molecule has 1 aliphatic carbocycles. The average Bonchev–Trinajstić information content (AvgIpc) is 2.55. The van der Waals surface area contributed by atoms with Gasteiger partial charge in [-0.3, -0.25) is 0 Å². The lowest BCUT2D eigenvalue weighted by Crippen LogP contribution is -2.25. The molecule has 0 amide bonds. The molecule has 11 heavy (non-hydrogen) atoms. The van der Waals surface area contributed by atoms with Gasteiger partial charge in [0.2, 0.25) is 0 Å². The second-order valence-electron chi connectivity index (χ2n) is 4.55. The summed E-state index contributed by atoms with van der Waals surface area (Å²) in [6, 6.07) is 0. The Morgan fingerprint density at radius 3 is 2.55 bits per heavy atom. The maximum Gasteiger partial charge on any atom is -0.00148 e. The van der Waals surface area contributed by atoms with E-state index in [1.807, 2.05) is 0 Å². The summed E-state index contributed by atoms with van der Waals surface area (Å²) in [5.74, 6) is 0.991. The average molecular weight is 153 g/mol. The fraction of sp³-hybridized carbons (Fsp3) is 1.00. The fourth-order valence-electron chi connectivity index (χ4n) is 2.84. The molecule has 1 heteroatoms. The second-order valence-corrected chi connectivity index (χ2v) is 4.55. The summed E-state index contributed by atoms with van der Waals surface area (Å²) in [7, 11) is 0. The van der Waals surface area contributed by atoms with Crippen LogP contribution in [0.1, 0.15) is 39.0 Å². The zero-order valence-electron chi connectivity index (χ0n) is 7.53. The topological polar surface area (TPSA) is 12.0 Å². The van der Waals surface area contributed by atoms with Crippen molar-refractivity contribution in [3.63, 3.8) is 0 Å². The van der Waals surface area contributed by atoms with Gasteiger partial charge in [-0.15, -0.1) is 0 Å². The monoisotopic (exact) mass is 153 g/mol. The Bertz CT molecular complexity index is 130. The third kappa shape index (κ3) is 1.31. The van der Waals surface area contributed by atoms with Gasteiger partial charge < -0.3 is 5.32 Å².